The van der Waals surface area contributed by atoms with Crippen molar-refractivity contribution in [1.82, 2.24) is 0 Å². The molecule has 0 saturated heterocycles. The zero-order valence-electron chi connectivity index (χ0n) is 5.43. The molecule has 0 N–H and O–H groups in total. The maximum absolute atomic E-state index is 10.2. The summed E-state index contributed by atoms with van der Waals surface area (Å²) < 4.78 is 4.68. The highest BCUT2D eigenvalue weighted by Crippen LogP contribution is 1.93. The Balaban J connectivity index is 3.50. The fraction of sp³-hybridized carbons (Fsp3) is 0.500. The van der Waals surface area contributed by atoms with Crippen LogP contribution in [0.5, 0.6) is 0 Å². The van der Waals surface area contributed by atoms with Crippen LogP contribution in [-0.2, 0) is 9.53 Å². The third kappa shape index (κ3) is 5.37. The average molecular weight is 149 g/mol. The van der Waals surface area contributed by atoms with Crippen LogP contribution in [0.15, 0.2) is 11.6 Å². The van der Waals surface area contributed by atoms with Crippen molar-refractivity contribution in [2.75, 3.05) is 0 Å². The van der Waals surface area contributed by atoms with Crippen LogP contribution < -0.4 is 0 Å². The van der Waals surface area contributed by atoms with Crippen LogP contribution in [0.4, 0.5) is 0 Å². The molecule has 1 atom stereocenters. The van der Waals surface area contributed by atoms with Crippen molar-refractivity contribution in [1.29, 1.82) is 0 Å². The molecular weight excluding hydrogens is 140 g/mol. The molecule has 52 valence electrons. The van der Waals surface area contributed by atoms with Gasteiger partial charge in [-0.25, -0.2) is 0 Å². The van der Waals surface area contributed by atoms with Crippen LogP contribution >= 0.6 is 11.6 Å². The van der Waals surface area contributed by atoms with Gasteiger partial charge in [-0.1, -0.05) is 11.6 Å². The minimum Gasteiger partial charge on any atom is -0.459 e. The molecule has 0 aliphatic carbocycles. The van der Waals surface area contributed by atoms with Gasteiger partial charge in [-0.2, -0.15) is 0 Å². The van der Waals surface area contributed by atoms with E-state index in [1.165, 1.54) is 12.5 Å². The Hall–Kier alpha value is -0.500. The third-order valence-corrected chi connectivity index (χ3v) is 0.841. The summed E-state index contributed by atoms with van der Waals surface area (Å²) in [5.41, 5.74) is 1.33. The maximum atomic E-state index is 10.2. The maximum Gasteiger partial charge on any atom is 0.303 e. The Labute approximate surface area is 59.5 Å². The second-order valence-corrected chi connectivity index (χ2v) is 1.88. The van der Waals surface area contributed by atoms with Gasteiger partial charge in [-0.3, -0.25) is 4.79 Å². The van der Waals surface area contributed by atoms with Crippen molar-refractivity contribution in [3.05, 3.63) is 11.6 Å². The van der Waals surface area contributed by atoms with Crippen molar-refractivity contribution >= 4 is 17.6 Å². The van der Waals surface area contributed by atoms with Crippen molar-refractivity contribution < 1.29 is 9.53 Å². The Kier molecular flexibility index (Phi) is 4.14. The SMILES string of the molecule is CC(=O)OC(C)/C=C\Cl. The van der Waals surface area contributed by atoms with Crippen molar-refractivity contribution in [2.24, 2.45) is 0 Å². The van der Waals surface area contributed by atoms with Gasteiger partial charge >= 0.3 is 5.97 Å². The van der Waals surface area contributed by atoms with Gasteiger partial charge in [0.2, 0.25) is 0 Å². The second-order valence-electron chi connectivity index (χ2n) is 1.63. The lowest BCUT2D eigenvalue weighted by atomic mass is 10.4. The molecule has 0 aliphatic rings. The minimum atomic E-state index is -0.294. The number of rotatable bonds is 2. The number of esters is 1. The smallest absolute Gasteiger partial charge is 0.303 e. The van der Waals surface area contributed by atoms with Crippen LogP contribution in [0.3, 0.4) is 0 Å². The number of ether oxygens (including phenoxy) is 1. The molecular formula is C6H9ClO2. The first-order valence-corrected chi connectivity index (χ1v) is 3.04. The molecule has 2 nitrogen and oxygen atoms in total. The van der Waals surface area contributed by atoms with E-state index in [-0.39, 0.29) is 12.1 Å². The van der Waals surface area contributed by atoms with Gasteiger partial charge in [-0.15, -0.1) is 0 Å². The lowest BCUT2D eigenvalue weighted by molar-refractivity contribution is -0.143. The summed E-state index contributed by atoms with van der Waals surface area (Å²) in [6.45, 7) is 3.10. The van der Waals surface area contributed by atoms with Crippen LogP contribution in [0.1, 0.15) is 13.8 Å². The van der Waals surface area contributed by atoms with E-state index >= 15 is 0 Å². The van der Waals surface area contributed by atoms with Crippen LogP contribution in [-0.4, -0.2) is 12.1 Å². The highest BCUT2D eigenvalue weighted by Gasteiger charge is 1.97. The topological polar surface area (TPSA) is 26.3 Å². The Morgan fingerprint density at radius 2 is 2.33 bits per heavy atom. The lowest BCUT2D eigenvalue weighted by Gasteiger charge is -2.03. The number of carbonyl (C=O) groups excluding carboxylic acids is 1. The molecule has 0 amide bonds. The predicted molar refractivity (Wildman–Crippen MR) is 36.2 cm³/mol. The van der Waals surface area contributed by atoms with Crippen molar-refractivity contribution in [3.63, 3.8) is 0 Å². The second kappa shape index (κ2) is 4.39. The van der Waals surface area contributed by atoms with Crippen LogP contribution in [0.25, 0.3) is 0 Å². The molecule has 3 heteroatoms. The van der Waals surface area contributed by atoms with Gasteiger partial charge in [-0.05, 0) is 13.0 Å². The van der Waals surface area contributed by atoms with Crippen molar-refractivity contribution in [3.8, 4) is 0 Å². The summed E-state index contributed by atoms with van der Waals surface area (Å²) in [6.07, 6.45) is 1.36. The van der Waals surface area contributed by atoms with Gasteiger partial charge in [0.1, 0.15) is 6.10 Å². The van der Waals surface area contributed by atoms with E-state index in [1.54, 1.807) is 13.0 Å². The van der Waals surface area contributed by atoms with E-state index in [4.69, 9.17) is 11.6 Å². The molecule has 0 rings (SSSR count). The summed E-state index contributed by atoms with van der Waals surface area (Å²) in [6, 6.07) is 0. The average Bonchev–Trinajstić information content (AvgIpc) is 1.63. The minimum absolute atomic E-state index is 0.222. The fourth-order valence-electron chi connectivity index (χ4n) is 0.404. The monoisotopic (exact) mass is 148 g/mol. The standard InChI is InChI=1S/C6H9ClO2/c1-5(3-4-7)9-6(2)8/h3-5H,1-2H3/b4-3-. The van der Waals surface area contributed by atoms with Gasteiger partial charge in [0.15, 0.2) is 0 Å². The van der Waals surface area contributed by atoms with E-state index in [1.807, 2.05) is 0 Å². The number of halogens is 1. The zero-order valence-corrected chi connectivity index (χ0v) is 6.18. The summed E-state index contributed by atoms with van der Waals surface area (Å²) in [5, 5.41) is 0. The van der Waals surface area contributed by atoms with Crippen LogP contribution in [0, 0.1) is 0 Å². The zero-order chi connectivity index (χ0) is 7.28. The molecule has 0 fully saturated rings. The number of hydrogen-bond donors (Lipinski definition) is 0. The molecule has 0 heterocycles. The van der Waals surface area contributed by atoms with Gasteiger partial charge in [0.25, 0.3) is 0 Å². The molecule has 0 saturated carbocycles. The predicted octanol–water partition coefficient (Wildman–Crippen LogP) is 1.69. The number of hydrogen-bond acceptors (Lipinski definition) is 2. The van der Waals surface area contributed by atoms with E-state index in [0.29, 0.717) is 0 Å². The first-order valence-electron chi connectivity index (χ1n) is 2.61. The molecule has 0 radical (unpaired) electrons. The van der Waals surface area contributed by atoms with Crippen molar-refractivity contribution in [2.45, 2.75) is 20.0 Å². The number of carbonyl (C=O) groups is 1. The molecule has 0 aromatic heterocycles. The van der Waals surface area contributed by atoms with Gasteiger partial charge in [0, 0.05) is 12.5 Å². The largest absolute Gasteiger partial charge is 0.459 e. The Bertz CT molecular complexity index is 120. The summed E-state index contributed by atoms with van der Waals surface area (Å²) in [7, 11) is 0. The van der Waals surface area contributed by atoms with E-state index < -0.39 is 0 Å². The highest BCUT2D eigenvalue weighted by molar-refractivity contribution is 6.25. The first-order chi connectivity index (χ1) is 4.16. The van der Waals surface area contributed by atoms with E-state index in [9.17, 15) is 4.79 Å². The van der Waals surface area contributed by atoms with Crippen LogP contribution in [0.2, 0.25) is 0 Å². The molecule has 0 aromatic carbocycles. The molecule has 9 heavy (non-hydrogen) atoms. The summed E-state index contributed by atoms with van der Waals surface area (Å²) >= 11 is 5.21. The molecule has 0 bridgehead atoms. The Morgan fingerprint density at radius 1 is 1.78 bits per heavy atom. The molecule has 1 unspecified atom stereocenters. The van der Waals surface area contributed by atoms with E-state index in [0.717, 1.165) is 0 Å². The quantitative estimate of drug-likeness (QED) is 0.557. The molecule has 0 aromatic rings. The highest BCUT2D eigenvalue weighted by atomic mass is 35.5. The normalized spacial score (nSPS) is 13.7. The lowest BCUT2D eigenvalue weighted by Crippen LogP contribution is -2.08. The third-order valence-electron chi connectivity index (χ3n) is 0.696. The molecule has 0 spiro atoms. The summed E-state index contributed by atoms with van der Waals surface area (Å²) in [5.74, 6) is -0.294. The Morgan fingerprint density at radius 3 is 2.67 bits per heavy atom. The summed E-state index contributed by atoms with van der Waals surface area (Å²) in [4.78, 5) is 10.2. The van der Waals surface area contributed by atoms with E-state index in [2.05, 4.69) is 4.74 Å². The first kappa shape index (κ1) is 8.50. The van der Waals surface area contributed by atoms with Gasteiger partial charge in [0.05, 0.1) is 0 Å². The fourth-order valence-corrected chi connectivity index (χ4v) is 0.608. The molecule has 0 aliphatic heterocycles. The van der Waals surface area contributed by atoms with Gasteiger partial charge < -0.3 is 4.74 Å².